The van der Waals surface area contributed by atoms with Crippen LogP contribution in [0.2, 0.25) is 0 Å². The van der Waals surface area contributed by atoms with Crippen molar-refractivity contribution in [2.75, 3.05) is 32.7 Å². The van der Waals surface area contributed by atoms with E-state index in [2.05, 4.69) is 32.5 Å². The van der Waals surface area contributed by atoms with E-state index in [1.54, 1.807) is 17.8 Å². The van der Waals surface area contributed by atoms with Crippen LogP contribution in [-0.4, -0.2) is 64.5 Å². The fourth-order valence-corrected chi connectivity index (χ4v) is 3.50. The molecule has 0 bridgehead atoms. The molecule has 8 heteroatoms. The molecule has 1 saturated heterocycles. The van der Waals surface area contributed by atoms with Gasteiger partial charge < -0.3 is 20.6 Å². The molecule has 162 valence electrons. The summed E-state index contributed by atoms with van der Waals surface area (Å²) in [5.74, 6) is 0.757. The molecule has 0 spiro atoms. The van der Waals surface area contributed by atoms with Crippen molar-refractivity contribution >= 4 is 29.9 Å². The monoisotopic (exact) mass is 506 g/mol. The summed E-state index contributed by atoms with van der Waals surface area (Å²) in [5.41, 5.74) is -0.249. The van der Waals surface area contributed by atoms with Gasteiger partial charge in [-0.3, -0.25) is 4.68 Å². The maximum Gasteiger partial charge on any atom is 0.191 e. The van der Waals surface area contributed by atoms with Gasteiger partial charge in [0.15, 0.2) is 5.96 Å². The van der Waals surface area contributed by atoms with Crippen LogP contribution in [0.4, 0.5) is 0 Å². The van der Waals surface area contributed by atoms with E-state index in [1.165, 1.54) is 38.8 Å². The van der Waals surface area contributed by atoms with Crippen LogP contribution in [-0.2, 0) is 12.6 Å². The van der Waals surface area contributed by atoms with Crippen molar-refractivity contribution in [1.29, 1.82) is 0 Å². The van der Waals surface area contributed by atoms with Crippen molar-refractivity contribution in [2.45, 2.75) is 64.5 Å². The second-order valence-electron chi connectivity index (χ2n) is 7.89. The first-order valence-corrected chi connectivity index (χ1v) is 10.4. The number of halogens is 1. The molecule has 0 amide bonds. The van der Waals surface area contributed by atoms with Gasteiger partial charge in [0.05, 0.1) is 12.7 Å². The molecular formula is C20H39IN6O. The lowest BCUT2D eigenvalue weighted by molar-refractivity contribution is 0.0672. The zero-order valence-corrected chi connectivity index (χ0v) is 20.3. The SMILES string of the molecule is CCNC(=NCC(C)(O)c1cnn(C)c1)NCCCCN1CCCCC1C.I. The fourth-order valence-electron chi connectivity index (χ4n) is 3.50. The minimum absolute atomic E-state index is 0. The van der Waals surface area contributed by atoms with Crippen LogP contribution in [0.15, 0.2) is 17.4 Å². The Labute approximate surface area is 187 Å². The molecule has 0 aromatic carbocycles. The lowest BCUT2D eigenvalue weighted by Gasteiger charge is -2.33. The number of aliphatic hydroxyl groups is 1. The van der Waals surface area contributed by atoms with Crippen LogP contribution in [0.1, 0.15) is 58.4 Å². The molecule has 28 heavy (non-hydrogen) atoms. The Morgan fingerprint density at radius 1 is 1.36 bits per heavy atom. The lowest BCUT2D eigenvalue weighted by atomic mass is 10.0. The van der Waals surface area contributed by atoms with E-state index in [0.29, 0.717) is 6.54 Å². The highest BCUT2D eigenvalue weighted by atomic mass is 127. The Hall–Kier alpha value is -0.870. The molecule has 0 radical (unpaired) electrons. The van der Waals surface area contributed by atoms with Crippen molar-refractivity contribution in [1.82, 2.24) is 25.3 Å². The predicted octanol–water partition coefficient (Wildman–Crippen LogP) is 2.46. The second-order valence-corrected chi connectivity index (χ2v) is 7.89. The summed E-state index contributed by atoms with van der Waals surface area (Å²) in [7, 11) is 1.85. The molecule has 0 saturated carbocycles. The number of aromatic nitrogens is 2. The first-order valence-electron chi connectivity index (χ1n) is 10.4. The average Bonchev–Trinajstić information content (AvgIpc) is 3.08. The van der Waals surface area contributed by atoms with Crippen molar-refractivity contribution < 1.29 is 5.11 Å². The van der Waals surface area contributed by atoms with Crippen LogP contribution >= 0.6 is 24.0 Å². The average molecular weight is 506 g/mol. The van der Waals surface area contributed by atoms with E-state index in [-0.39, 0.29) is 24.0 Å². The number of unbranched alkanes of at least 4 members (excludes halogenated alkanes) is 1. The molecule has 2 rings (SSSR count). The minimum Gasteiger partial charge on any atom is -0.383 e. The molecule has 1 fully saturated rings. The molecule has 2 heterocycles. The number of hydrogen-bond donors (Lipinski definition) is 3. The Morgan fingerprint density at radius 3 is 2.79 bits per heavy atom. The third kappa shape index (κ3) is 8.24. The first-order chi connectivity index (χ1) is 12.9. The number of guanidine groups is 1. The largest absolute Gasteiger partial charge is 0.383 e. The molecule has 1 aromatic rings. The van der Waals surface area contributed by atoms with Crippen molar-refractivity contribution in [2.24, 2.45) is 12.0 Å². The van der Waals surface area contributed by atoms with Crippen LogP contribution < -0.4 is 10.6 Å². The van der Waals surface area contributed by atoms with Crippen LogP contribution in [0.25, 0.3) is 0 Å². The normalized spacial score (nSPS) is 20.3. The Morgan fingerprint density at radius 2 is 2.14 bits per heavy atom. The number of nitrogens with zero attached hydrogens (tertiary/aromatic N) is 4. The molecule has 0 aliphatic carbocycles. The highest BCUT2D eigenvalue weighted by molar-refractivity contribution is 14.0. The maximum atomic E-state index is 10.7. The molecule has 1 aliphatic rings. The van der Waals surface area contributed by atoms with Crippen LogP contribution in [0, 0.1) is 0 Å². The summed E-state index contributed by atoms with van der Waals surface area (Å²) in [4.78, 5) is 7.19. The van der Waals surface area contributed by atoms with Gasteiger partial charge in [0.2, 0.25) is 0 Å². The third-order valence-electron chi connectivity index (χ3n) is 5.32. The molecule has 3 N–H and O–H groups in total. The molecule has 1 aromatic heterocycles. The molecular weight excluding hydrogens is 467 g/mol. The van der Waals surface area contributed by atoms with Gasteiger partial charge in [-0.1, -0.05) is 6.42 Å². The van der Waals surface area contributed by atoms with Gasteiger partial charge in [-0.15, -0.1) is 24.0 Å². The quantitative estimate of drug-likeness (QED) is 0.208. The van der Waals surface area contributed by atoms with Crippen molar-refractivity contribution in [3.63, 3.8) is 0 Å². The van der Waals surface area contributed by atoms with Gasteiger partial charge in [0, 0.05) is 37.9 Å². The van der Waals surface area contributed by atoms with Crippen molar-refractivity contribution in [3.05, 3.63) is 18.0 Å². The smallest absolute Gasteiger partial charge is 0.191 e. The Kier molecular flexibility index (Phi) is 11.4. The first kappa shape index (κ1) is 25.2. The van der Waals surface area contributed by atoms with Crippen LogP contribution in [0.3, 0.4) is 0 Å². The summed E-state index contributed by atoms with van der Waals surface area (Å²) in [6.45, 7) is 10.6. The third-order valence-corrected chi connectivity index (χ3v) is 5.32. The summed E-state index contributed by atoms with van der Waals surface area (Å²) in [5, 5.41) is 21.4. The van der Waals surface area contributed by atoms with Gasteiger partial charge in [0.1, 0.15) is 5.60 Å². The van der Waals surface area contributed by atoms with E-state index >= 15 is 0 Å². The topological polar surface area (TPSA) is 77.7 Å². The van der Waals surface area contributed by atoms with E-state index in [9.17, 15) is 5.11 Å². The van der Waals surface area contributed by atoms with Gasteiger partial charge in [-0.2, -0.15) is 5.10 Å². The number of rotatable bonds is 9. The van der Waals surface area contributed by atoms with Gasteiger partial charge >= 0.3 is 0 Å². The highest BCUT2D eigenvalue weighted by Gasteiger charge is 2.24. The maximum absolute atomic E-state index is 10.7. The highest BCUT2D eigenvalue weighted by Crippen LogP contribution is 2.20. The predicted molar refractivity (Wildman–Crippen MR) is 126 cm³/mol. The minimum atomic E-state index is -1.03. The van der Waals surface area contributed by atoms with E-state index in [1.807, 2.05) is 20.2 Å². The molecule has 7 nitrogen and oxygen atoms in total. The summed E-state index contributed by atoms with van der Waals surface area (Å²) in [6.07, 6.45) is 9.90. The summed E-state index contributed by atoms with van der Waals surface area (Å²) < 4.78 is 1.69. The zero-order chi connectivity index (χ0) is 19.7. The number of aliphatic imine (C=N–C) groups is 1. The molecule has 2 atom stereocenters. The van der Waals surface area contributed by atoms with E-state index in [0.717, 1.165) is 37.1 Å². The lowest BCUT2D eigenvalue weighted by Crippen LogP contribution is -2.40. The van der Waals surface area contributed by atoms with Gasteiger partial charge in [-0.25, -0.2) is 4.99 Å². The second kappa shape index (κ2) is 12.6. The van der Waals surface area contributed by atoms with Crippen LogP contribution in [0.5, 0.6) is 0 Å². The van der Waals surface area contributed by atoms with E-state index in [4.69, 9.17) is 0 Å². The number of hydrogen-bond acceptors (Lipinski definition) is 4. The van der Waals surface area contributed by atoms with Gasteiger partial charge in [-0.05, 0) is 59.5 Å². The zero-order valence-electron chi connectivity index (χ0n) is 17.9. The number of piperidine rings is 1. The Bertz CT molecular complexity index is 589. The molecule has 1 aliphatic heterocycles. The van der Waals surface area contributed by atoms with Gasteiger partial charge in [0.25, 0.3) is 0 Å². The fraction of sp³-hybridized carbons (Fsp3) is 0.800. The van der Waals surface area contributed by atoms with Crippen molar-refractivity contribution in [3.8, 4) is 0 Å². The summed E-state index contributed by atoms with van der Waals surface area (Å²) >= 11 is 0. The Balaban J connectivity index is 0.00000392. The number of aryl methyl sites for hydroxylation is 1. The number of likely N-dealkylation sites (tertiary alicyclic amines) is 1. The standard InChI is InChI=1S/C20H38N6O.HI/c1-5-21-19(23-16-20(3,27)18-14-24-25(4)15-18)22-11-7-9-13-26-12-8-6-10-17(26)2;/h14-15,17,27H,5-13,16H2,1-4H3,(H2,21,22,23);1H. The van der Waals surface area contributed by atoms with E-state index < -0.39 is 5.60 Å². The summed E-state index contributed by atoms with van der Waals surface area (Å²) in [6, 6.07) is 0.736. The number of nitrogens with one attached hydrogen (secondary N) is 2. The molecule has 2 unspecified atom stereocenters.